The van der Waals surface area contributed by atoms with Crippen LogP contribution in [0.3, 0.4) is 0 Å². The van der Waals surface area contributed by atoms with Crippen molar-refractivity contribution in [2.75, 3.05) is 40.8 Å². The first-order valence-electron chi connectivity index (χ1n) is 12.9. The number of rotatable bonds is 12. The molecule has 0 aromatic heterocycles. The summed E-state index contributed by atoms with van der Waals surface area (Å²) in [5, 5.41) is 0. The summed E-state index contributed by atoms with van der Waals surface area (Å²) in [6, 6.07) is 16.9. The van der Waals surface area contributed by atoms with Gasteiger partial charge in [0, 0.05) is 5.92 Å². The molecule has 1 aliphatic heterocycles. The van der Waals surface area contributed by atoms with Gasteiger partial charge in [0.15, 0.2) is 32.8 Å². The van der Waals surface area contributed by atoms with Gasteiger partial charge in [-0.3, -0.25) is 0 Å². The first-order valence-corrected chi connectivity index (χ1v) is 14.5. The van der Waals surface area contributed by atoms with E-state index in [1.54, 1.807) is 27.4 Å². The second-order valence-corrected chi connectivity index (χ2v) is 11.4. The van der Waals surface area contributed by atoms with Crippen molar-refractivity contribution in [2.45, 2.75) is 43.3 Å². The topological polar surface area (TPSA) is 89.5 Å². The molecule has 1 fully saturated rings. The summed E-state index contributed by atoms with van der Waals surface area (Å²) in [5.74, 6) is 2.30. The molecular formula is C30H36O8S. The Kier molecular flexibility index (Phi) is 9.24. The van der Waals surface area contributed by atoms with Crippen LogP contribution < -0.4 is 23.7 Å². The van der Waals surface area contributed by atoms with Gasteiger partial charge in [-0.25, -0.2) is 8.42 Å². The van der Waals surface area contributed by atoms with Crippen molar-refractivity contribution >= 4 is 9.84 Å². The Labute approximate surface area is 230 Å². The molecule has 1 saturated heterocycles. The fourth-order valence-electron chi connectivity index (χ4n) is 4.84. The molecule has 8 nitrogen and oxygen atoms in total. The third-order valence-corrected chi connectivity index (χ3v) is 8.74. The predicted molar refractivity (Wildman–Crippen MR) is 148 cm³/mol. The largest absolute Gasteiger partial charge is 0.493 e. The van der Waals surface area contributed by atoms with Crippen LogP contribution in [0.25, 0.3) is 0 Å². The lowest BCUT2D eigenvalue weighted by Crippen LogP contribution is -2.11. The lowest BCUT2D eigenvalue weighted by atomic mass is 9.93. The van der Waals surface area contributed by atoms with Crippen LogP contribution in [0.2, 0.25) is 0 Å². The Morgan fingerprint density at radius 2 is 1.44 bits per heavy atom. The predicted octanol–water partition coefficient (Wildman–Crippen LogP) is 5.73. The zero-order valence-corrected chi connectivity index (χ0v) is 23.9. The lowest BCUT2D eigenvalue weighted by Gasteiger charge is -2.19. The van der Waals surface area contributed by atoms with Crippen molar-refractivity contribution in [2.24, 2.45) is 0 Å². The van der Waals surface area contributed by atoms with E-state index in [-0.39, 0.29) is 35.0 Å². The van der Waals surface area contributed by atoms with Crippen molar-refractivity contribution in [3.8, 4) is 28.7 Å². The Morgan fingerprint density at radius 1 is 0.821 bits per heavy atom. The highest BCUT2D eigenvalue weighted by Gasteiger charge is 2.32. The molecule has 9 heteroatoms. The zero-order chi connectivity index (χ0) is 28.0. The van der Waals surface area contributed by atoms with Crippen molar-refractivity contribution in [3.63, 3.8) is 0 Å². The van der Waals surface area contributed by atoms with Crippen LogP contribution in [-0.4, -0.2) is 49.2 Å². The molecule has 2 atom stereocenters. The fraction of sp³-hybridized carbons (Fsp3) is 0.400. The van der Waals surface area contributed by atoms with E-state index in [1.807, 2.05) is 55.5 Å². The number of hydrogen-bond acceptors (Lipinski definition) is 8. The highest BCUT2D eigenvalue weighted by Crippen LogP contribution is 2.46. The summed E-state index contributed by atoms with van der Waals surface area (Å²) in [6.45, 7) is 2.51. The van der Waals surface area contributed by atoms with E-state index >= 15 is 0 Å². The first-order chi connectivity index (χ1) is 18.8. The molecule has 0 spiro atoms. The zero-order valence-electron chi connectivity index (χ0n) is 23.1. The summed E-state index contributed by atoms with van der Waals surface area (Å²) in [5.41, 5.74) is 2.64. The van der Waals surface area contributed by atoms with Crippen molar-refractivity contribution in [3.05, 3.63) is 71.3 Å². The maximum Gasteiger partial charge on any atom is 0.203 e. The van der Waals surface area contributed by atoms with Crippen LogP contribution in [0.5, 0.6) is 28.7 Å². The third-order valence-electron chi connectivity index (χ3n) is 6.82. The first kappa shape index (κ1) is 28.6. The van der Waals surface area contributed by atoms with E-state index < -0.39 is 9.84 Å². The van der Waals surface area contributed by atoms with Gasteiger partial charge in [0.25, 0.3) is 0 Å². The minimum absolute atomic E-state index is 0.000884. The molecule has 210 valence electrons. The molecule has 39 heavy (non-hydrogen) atoms. The number of ether oxygens (including phenoxy) is 6. The lowest BCUT2D eigenvalue weighted by molar-refractivity contribution is 0.110. The molecule has 3 aromatic carbocycles. The molecule has 3 aromatic rings. The highest BCUT2D eigenvalue weighted by molar-refractivity contribution is 7.91. The minimum Gasteiger partial charge on any atom is -0.493 e. The third kappa shape index (κ3) is 6.25. The van der Waals surface area contributed by atoms with Gasteiger partial charge < -0.3 is 28.4 Å². The van der Waals surface area contributed by atoms with E-state index in [1.165, 1.54) is 7.11 Å². The van der Waals surface area contributed by atoms with Crippen LogP contribution in [-0.2, 0) is 21.2 Å². The van der Waals surface area contributed by atoms with Gasteiger partial charge in [0.2, 0.25) is 5.75 Å². The average molecular weight is 557 g/mol. The molecule has 0 radical (unpaired) electrons. The second-order valence-electron chi connectivity index (χ2n) is 9.36. The normalized spacial score (nSPS) is 17.1. The molecule has 0 unspecified atom stereocenters. The van der Waals surface area contributed by atoms with Crippen molar-refractivity contribution in [1.29, 1.82) is 0 Å². The van der Waals surface area contributed by atoms with Gasteiger partial charge in [0.05, 0.1) is 46.9 Å². The van der Waals surface area contributed by atoms with E-state index in [0.29, 0.717) is 42.4 Å². The monoisotopic (exact) mass is 556 g/mol. The number of methoxy groups -OCH3 is 4. The summed E-state index contributed by atoms with van der Waals surface area (Å²) in [6.07, 6.45) is 0.789. The fourth-order valence-corrected chi connectivity index (χ4v) is 6.36. The molecule has 1 heterocycles. The highest BCUT2D eigenvalue weighted by atomic mass is 32.2. The maximum atomic E-state index is 13.4. The molecule has 0 amide bonds. The van der Waals surface area contributed by atoms with Gasteiger partial charge in [0.1, 0.15) is 11.5 Å². The Morgan fingerprint density at radius 3 is 2.03 bits per heavy atom. The Balaban J connectivity index is 1.67. The standard InChI is InChI=1S/C30H36O8S/c1-6-12-39(31,32)28-17-22(15-27(35-4)30(28)38-18-20-10-8-7-9-11-20)24-16-23(19-37-24)21-13-25(33-2)29(36-5)26(14-21)34-3/h7-11,13-15,17,23-24H,6,12,16,18-19H2,1-5H3/t23-,24+/m0/s1. The number of hydrogen-bond donors (Lipinski definition) is 0. The van der Waals surface area contributed by atoms with E-state index in [2.05, 4.69) is 0 Å². The molecular weight excluding hydrogens is 520 g/mol. The molecule has 0 bridgehead atoms. The van der Waals surface area contributed by atoms with Gasteiger partial charge in [-0.2, -0.15) is 0 Å². The SMILES string of the molecule is CCCS(=O)(=O)c1cc([C@H]2C[C@H](c3cc(OC)c(OC)c(OC)c3)CO2)cc(OC)c1OCc1ccccc1. The quantitative estimate of drug-likeness (QED) is 0.280. The second kappa shape index (κ2) is 12.6. The number of sulfone groups is 1. The van der Waals surface area contributed by atoms with E-state index in [4.69, 9.17) is 28.4 Å². The van der Waals surface area contributed by atoms with Crippen molar-refractivity contribution < 1.29 is 36.8 Å². The molecule has 4 rings (SSSR count). The maximum absolute atomic E-state index is 13.4. The van der Waals surface area contributed by atoms with Crippen LogP contribution in [0.15, 0.2) is 59.5 Å². The minimum atomic E-state index is -3.63. The molecule has 0 N–H and O–H groups in total. The Bertz CT molecular complexity index is 1350. The molecule has 0 aliphatic carbocycles. The van der Waals surface area contributed by atoms with Crippen molar-refractivity contribution in [1.82, 2.24) is 0 Å². The van der Waals surface area contributed by atoms with Gasteiger partial charge in [-0.05, 0) is 53.8 Å². The van der Waals surface area contributed by atoms with Crippen LogP contribution in [0, 0.1) is 0 Å². The Hall–Kier alpha value is -3.43. The van der Waals surface area contributed by atoms with Gasteiger partial charge >= 0.3 is 0 Å². The summed E-state index contributed by atoms with van der Waals surface area (Å²) in [4.78, 5) is 0.120. The molecule has 0 saturated carbocycles. The van der Waals surface area contributed by atoms with E-state index in [0.717, 1.165) is 16.7 Å². The summed E-state index contributed by atoms with van der Waals surface area (Å²) < 4.78 is 61.2. The van der Waals surface area contributed by atoms with E-state index in [9.17, 15) is 8.42 Å². The van der Waals surface area contributed by atoms with Gasteiger partial charge in [-0.15, -0.1) is 0 Å². The average Bonchev–Trinajstić information content (AvgIpc) is 3.45. The van der Waals surface area contributed by atoms with Crippen LogP contribution in [0.1, 0.15) is 48.5 Å². The number of benzene rings is 3. The summed E-state index contributed by atoms with van der Waals surface area (Å²) >= 11 is 0. The smallest absolute Gasteiger partial charge is 0.203 e. The van der Waals surface area contributed by atoms with Gasteiger partial charge in [-0.1, -0.05) is 37.3 Å². The van der Waals surface area contributed by atoms with Crippen LogP contribution >= 0.6 is 0 Å². The molecule has 1 aliphatic rings. The van der Waals surface area contributed by atoms with Crippen LogP contribution in [0.4, 0.5) is 0 Å². The summed E-state index contributed by atoms with van der Waals surface area (Å²) in [7, 11) is 2.62.